The van der Waals surface area contributed by atoms with Crippen LogP contribution in [-0.4, -0.2) is 22.4 Å². The number of fused-ring (bicyclic) bond motifs is 1. The van der Waals surface area contributed by atoms with E-state index in [1.54, 1.807) is 0 Å². The number of para-hydroxylation sites is 1. The highest BCUT2D eigenvalue weighted by atomic mass is 16.1. The van der Waals surface area contributed by atoms with E-state index in [-0.39, 0.29) is 5.43 Å². The first-order valence-electron chi connectivity index (χ1n) is 7.03. The summed E-state index contributed by atoms with van der Waals surface area (Å²) in [7, 11) is 0. The van der Waals surface area contributed by atoms with Gasteiger partial charge in [-0.1, -0.05) is 12.1 Å². The van der Waals surface area contributed by atoms with Crippen molar-refractivity contribution in [1.82, 2.24) is 15.1 Å². The first-order valence-corrected chi connectivity index (χ1v) is 7.03. The average Bonchev–Trinajstić information content (AvgIpc) is 2.95. The number of hydrogen-bond donors (Lipinski definition) is 1. The smallest absolute Gasteiger partial charge is 0.207 e. The van der Waals surface area contributed by atoms with Crippen molar-refractivity contribution in [3.05, 3.63) is 40.7 Å². The van der Waals surface area contributed by atoms with Crippen LogP contribution in [0.25, 0.3) is 10.9 Å². The van der Waals surface area contributed by atoms with E-state index in [1.807, 2.05) is 28.9 Å². The number of nitrogens with zero attached hydrogens (tertiary/aromatic N) is 2. The van der Waals surface area contributed by atoms with Gasteiger partial charge in [-0.25, -0.2) is 0 Å². The van der Waals surface area contributed by atoms with Crippen LogP contribution in [0.5, 0.6) is 0 Å². The number of nitrogens with one attached hydrogen (secondary N) is 1. The van der Waals surface area contributed by atoms with E-state index in [1.165, 1.54) is 25.5 Å². The van der Waals surface area contributed by atoms with Gasteiger partial charge in [0.25, 0.3) is 0 Å². The molecule has 1 N–H and O–H groups in total. The van der Waals surface area contributed by atoms with Crippen molar-refractivity contribution in [2.45, 2.75) is 38.3 Å². The summed E-state index contributed by atoms with van der Waals surface area (Å²) in [6.45, 7) is 2.03. The van der Waals surface area contributed by atoms with Crippen LogP contribution in [0.3, 0.4) is 0 Å². The van der Waals surface area contributed by atoms with Crippen LogP contribution in [0.1, 0.15) is 25.7 Å². The van der Waals surface area contributed by atoms with Crippen LogP contribution in [0.2, 0.25) is 0 Å². The number of hydrogen-bond acceptors (Lipinski definition) is 3. The third-order valence-electron chi connectivity index (χ3n) is 3.85. The zero-order chi connectivity index (χ0) is 13.1. The fraction of sp³-hybridized carbons (Fsp3) is 0.467. The number of aromatic nitrogens is 2. The molecular weight excluding hydrogens is 238 g/mol. The second kappa shape index (κ2) is 5.53. The molecule has 0 aliphatic carbocycles. The predicted molar refractivity (Wildman–Crippen MR) is 76.3 cm³/mol. The number of rotatable bonds is 4. The average molecular weight is 257 g/mol. The molecule has 1 aliphatic heterocycles. The molecule has 1 saturated heterocycles. The molecule has 3 rings (SSSR count). The second-order valence-corrected chi connectivity index (χ2v) is 5.18. The molecule has 19 heavy (non-hydrogen) atoms. The lowest BCUT2D eigenvalue weighted by molar-refractivity contribution is 0.487. The Labute approximate surface area is 112 Å². The largest absolute Gasteiger partial charge is 0.314 e. The predicted octanol–water partition coefficient (Wildman–Crippen LogP) is 1.93. The van der Waals surface area contributed by atoms with Gasteiger partial charge in [0, 0.05) is 18.0 Å². The summed E-state index contributed by atoms with van der Waals surface area (Å²) in [6, 6.07) is 8.37. The Morgan fingerprint density at radius 2 is 2.26 bits per heavy atom. The van der Waals surface area contributed by atoms with Gasteiger partial charge in [0.05, 0.1) is 11.7 Å². The van der Waals surface area contributed by atoms with Crippen molar-refractivity contribution >= 4 is 10.9 Å². The third kappa shape index (κ3) is 2.68. The quantitative estimate of drug-likeness (QED) is 0.910. The van der Waals surface area contributed by atoms with Gasteiger partial charge in [-0.05, 0) is 44.4 Å². The topological polar surface area (TPSA) is 46.9 Å². The normalized spacial score (nSPS) is 19.1. The van der Waals surface area contributed by atoms with E-state index < -0.39 is 0 Å². The third-order valence-corrected chi connectivity index (χ3v) is 3.85. The van der Waals surface area contributed by atoms with Gasteiger partial charge in [0.15, 0.2) is 0 Å². The highest BCUT2D eigenvalue weighted by molar-refractivity contribution is 5.77. The molecule has 0 saturated carbocycles. The van der Waals surface area contributed by atoms with Gasteiger partial charge in [-0.3, -0.25) is 9.48 Å². The maximum Gasteiger partial charge on any atom is 0.207 e. The van der Waals surface area contributed by atoms with Gasteiger partial charge in [-0.2, -0.15) is 5.10 Å². The van der Waals surface area contributed by atoms with Crippen molar-refractivity contribution in [1.29, 1.82) is 0 Å². The van der Waals surface area contributed by atoms with E-state index in [4.69, 9.17) is 0 Å². The molecule has 1 unspecified atom stereocenters. The molecule has 1 atom stereocenters. The summed E-state index contributed by atoms with van der Waals surface area (Å²) in [5, 5.41) is 8.52. The zero-order valence-electron chi connectivity index (χ0n) is 11.0. The number of aryl methyl sites for hydroxylation is 1. The second-order valence-electron chi connectivity index (χ2n) is 5.18. The Morgan fingerprint density at radius 1 is 1.37 bits per heavy atom. The van der Waals surface area contributed by atoms with E-state index in [9.17, 15) is 4.79 Å². The molecule has 1 aliphatic rings. The van der Waals surface area contributed by atoms with Crippen LogP contribution in [0.15, 0.2) is 35.3 Å². The van der Waals surface area contributed by atoms with Crippen molar-refractivity contribution in [2.24, 2.45) is 0 Å². The van der Waals surface area contributed by atoms with Gasteiger partial charge in [0.2, 0.25) is 5.43 Å². The van der Waals surface area contributed by atoms with Gasteiger partial charge >= 0.3 is 0 Å². The van der Waals surface area contributed by atoms with Gasteiger partial charge in [-0.15, -0.1) is 0 Å². The highest BCUT2D eigenvalue weighted by Gasteiger charge is 2.13. The monoisotopic (exact) mass is 257 g/mol. The summed E-state index contributed by atoms with van der Waals surface area (Å²) >= 11 is 0. The first-order chi connectivity index (χ1) is 9.34. The minimum Gasteiger partial charge on any atom is -0.314 e. The van der Waals surface area contributed by atoms with Crippen molar-refractivity contribution in [3.8, 4) is 0 Å². The molecule has 2 aromatic rings. The van der Waals surface area contributed by atoms with Crippen molar-refractivity contribution in [2.75, 3.05) is 6.54 Å². The summed E-state index contributed by atoms with van der Waals surface area (Å²) in [5.74, 6) is 0. The fourth-order valence-electron chi connectivity index (χ4n) is 2.83. The Morgan fingerprint density at radius 3 is 3.11 bits per heavy atom. The van der Waals surface area contributed by atoms with E-state index in [0.29, 0.717) is 6.04 Å². The molecule has 2 heterocycles. The fourth-order valence-corrected chi connectivity index (χ4v) is 2.83. The van der Waals surface area contributed by atoms with Crippen molar-refractivity contribution in [3.63, 3.8) is 0 Å². The SMILES string of the molecule is O=c1cnn(CCCC2CCCN2)c2ccccc12. The molecule has 1 aromatic carbocycles. The molecule has 0 bridgehead atoms. The molecule has 1 fully saturated rings. The maximum absolute atomic E-state index is 11.7. The summed E-state index contributed by atoms with van der Waals surface area (Å²) < 4.78 is 1.95. The molecule has 1 aromatic heterocycles. The van der Waals surface area contributed by atoms with Crippen LogP contribution in [0, 0.1) is 0 Å². The van der Waals surface area contributed by atoms with Crippen molar-refractivity contribution < 1.29 is 0 Å². The van der Waals surface area contributed by atoms with E-state index in [0.717, 1.165) is 30.4 Å². The lowest BCUT2D eigenvalue weighted by Crippen LogP contribution is -2.22. The lowest BCUT2D eigenvalue weighted by Gasteiger charge is -2.12. The summed E-state index contributed by atoms with van der Waals surface area (Å²) in [6.07, 6.45) is 6.29. The van der Waals surface area contributed by atoms with Crippen LogP contribution in [-0.2, 0) is 6.54 Å². The summed E-state index contributed by atoms with van der Waals surface area (Å²) in [4.78, 5) is 11.7. The zero-order valence-corrected chi connectivity index (χ0v) is 11.0. The Balaban J connectivity index is 1.73. The minimum atomic E-state index is 0.00399. The molecule has 4 heteroatoms. The van der Waals surface area contributed by atoms with E-state index in [2.05, 4.69) is 10.4 Å². The molecule has 0 spiro atoms. The maximum atomic E-state index is 11.7. The number of benzene rings is 1. The Kier molecular flexibility index (Phi) is 3.60. The van der Waals surface area contributed by atoms with Crippen LogP contribution < -0.4 is 10.7 Å². The first kappa shape index (κ1) is 12.4. The molecule has 0 amide bonds. The molecule has 0 radical (unpaired) electrons. The molecule has 4 nitrogen and oxygen atoms in total. The Hall–Kier alpha value is -1.68. The van der Waals surface area contributed by atoms with E-state index >= 15 is 0 Å². The van der Waals surface area contributed by atoms with Gasteiger partial charge < -0.3 is 5.32 Å². The van der Waals surface area contributed by atoms with Crippen LogP contribution in [0.4, 0.5) is 0 Å². The van der Waals surface area contributed by atoms with Crippen LogP contribution >= 0.6 is 0 Å². The molecule has 100 valence electrons. The standard InChI is InChI=1S/C15H19N3O/c19-15-11-17-18(14-8-2-1-7-13(14)15)10-4-6-12-5-3-9-16-12/h1-2,7-8,11-12,16H,3-6,9-10H2. The summed E-state index contributed by atoms with van der Waals surface area (Å²) in [5.41, 5.74) is 0.943. The minimum absolute atomic E-state index is 0.00399. The van der Waals surface area contributed by atoms with Gasteiger partial charge in [0.1, 0.15) is 0 Å². The highest BCUT2D eigenvalue weighted by Crippen LogP contribution is 2.13. The molecular formula is C15H19N3O. The Bertz CT molecular complexity index is 614. The lowest BCUT2D eigenvalue weighted by atomic mass is 10.1.